The molecule has 0 fully saturated rings. The molecule has 80 valence electrons. The van der Waals surface area contributed by atoms with E-state index in [9.17, 15) is 4.91 Å². The fourth-order valence-electron chi connectivity index (χ4n) is 1.41. The van der Waals surface area contributed by atoms with Crippen LogP contribution in [0, 0.1) is 4.91 Å². The van der Waals surface area contributed by atoms with Crippen molar-refractivity contribution in [3.8, 4) is 0 Å². The van der Waals surface area contributed by atoms with Gasteiger partial charge >= 0.3 is 0 Å². The van der Waals surface area contributed by atoms with Gasteiger partial charge in [-0.15, -0.1) is 4.91 Å². The summed E-state index contributed by atoms with van der Waals surface area (Å²) >= 11 is 0. The smallest absolute Gasteiger partial charge is 0.133 e. The van der Waals surface area contributed by atoms with Crippen LogP contribution in [0.4, 0.5) is 22.7 Å². The fourth-order valence-corrected chi connectivity index (χ4v) is 1.41. The van der Waals surface area contributed by atoms with Gasteiger partial charge in [0.25, 0.3) is 0 Å². The summed E-state index contributed by atoms with van der Waals surface area (Å²) in [4.78, 5) is 10.6. The lowest BCUT2D eigenvalue weighted by Crippen LogP contribution is -1.91. The van der Waals surface area contributed by atoms with Crippen molar-refractivity contribution in [3.63, 3.8) is 0 Å². The van der Waals surface area contributed by atoms with Crippen LogP contribution in [0.15, 0.2) is 53.7 Å². The van der Waals surface area contributed by atoms with Crippen molar-refractivity contribution in [2.45, 2.75) is 0 Å². The van der Waals surface area contributed by atoms with Crippen molar-refractivity contribution in [1.29, 1.82) is 0 Å². The van der Waals surface area contributed by atoms with Crippen molar-refractivity contribution in [1.82, 2.24) is 0 Å². The van der Waals surface area contributed by atoms with Gasteiger partial charge < -0.3 is 11.1 Å². The summed E-state index contributed by atoms with van der Waals surface area (Å²) in [6.45, 7) is 0. The Balaban J connectivity index is 2.31. The molecule has 0 amide bonds. The molecule has 0 aliphatic rings. The van der Waals surface area contributed by atoms with Gasteiger partial charge in [0.05, 0.1) is 5.69 Å². The van der Waals surface area contributed by atoms with Gasteiger partial charge in [-0.2, -0.15) is 0 Å². The van der Waals surface area contributed by atoms with Gasteiger partial charge in [0.1, 0.15) is 5.69 Å². The first-order valence-corrected chi connectivity index (χ1v) is 4.84. The summed E-state index contributed by atoms with van der Waals surface area (Å²) < 4.78 is 0. The lowest BCUT2D eigenvalue weighted by Gasteiger charge is -2.08. The van der Waals surface area contributed by atoms with E-state index in [1.165, 1.54) is 6.07 Å². The Kier molecular flexibility index (Phi) is 2.82. The zero-order chi connectivity index (χ0) is 11.4. The Hall–Kier alpha value is -2.36. The average Bonchev–Trinajstić information content (AvgIpc) is 2.33. The molecule has 0 saturated heterocycles. The van der Waals surface area contributed by atoms with Crippen LogP contribution in [0.25, 0.3) is 0 Å². The number of nitrogens with two attached hydrogens (primary N) is 1. The first-order chi connectivity index (χ1) is 7.79. The van der Waals surface area contributed by atoms with Crippen LogP contribution in [0.2, 0.25) is 0 Å². The maximum absolute atomic E-state index is 10.6. The van der Waals surface area contributed by atoms with Crippen LogP contribution in [0.3, 0.4) is 0 Å². The quantitative estimate of drug-likeness (QED) is 0.606. The third kappa shape index (κ3) is 2.17. The van der Waals surface area contributed by atoms with E-state index in [0.717, 1.165) is 5.69 Å². The topological polar surface area (TPSA) is 67.5 Å². The summed E-state index contributed by atoms with van der Waals surface area (Å²) in [5.74, 6) is 0. The summed E-state index contributed by atoms with van der Waals surface area (Å²) in [6, 6.07) is 14.6. The Morgan fingerprint density at radius 3 is 2.50 bits per heavy atom. The van der Waals surface area contributed by atoms with Crippen molar-refractivity contribution < 1.29 is 0 Å². The third-order valence-corrected chi connectivity index (χ3v) is 2.17. The summed E-state index contributed by atoms with van der Waals surface area (Å²) in [5, 5.41) is 6.04. The monoisotopic (exact) mass is 213 g/mol. The molecule has 2 aromatic carbocycles. The first kappa shape index (κ1) is 10.2. The minimum absolute atomic E-state index is 0.309. The standard InChI is InChI=1S/C12H11N3O/c13-9-6-7-11(12(8-9)15-16)14-10-4-2-1-3-5-10/h1-8,14H,13H2. The van der Waals surface area contributed by atoms with Gasteiger partial charge in [-0.25, -0.2) is 0 Å². The van der Waals surface area contributed by atoms with E-state index in [2.05, 4.69) is 10.5 Å². The zero-order valence-electron chi connectivity index (χ0n) is 8.55. The molecule has 2 aromatic rings. The average molecular weight is 213 g/mol. The molecule has 4 heteroatoms. The van der Waals surface area contributed by atoms with Gasteiger partial charge in [0.15, 0.2) is 0 Å². The highest BCUT2D eigenvalue weighted by Gasteiger charge is 2.03. The first-order valence-electron chi connectivity index (χ1n) is 4.84. The third-order valence-electron chi connectivity index (χ3n) is 2.17. The van der Waals surface area contributed by atoms with Gasteiger partial charge in [-0.3, -0.25) is 0 Å². The van der Waals surface area contributed by atoms with Crippen LogP contribution in [0.5, 0.6) is 0 Å². The molecule has 0 spiro atoms. The molecule has 16 heavy (non-hydrogen) atoms. The molecule has 0 saturated carbocycles. The lowest BCUT2D eigenvalue weighted by molar-refractivity contribution is 1.46. The number of rotatable bonds is 3. The lowest BCUT2D eigenvalue weighted by atomic mass is 10.2. The zero-order valence-corrected chi connectivity index (χ0v) is 8.55. The number of anilines is 3. The summed E-state index contributed by atoms with van der Waals surface area (Å²) in [5.41, 5.74) is 7.95. The Morgan fingerprint density at radius 2 is 1.81 bits per heavy atom. The number of nitrogen functional groups attached to an aromatic ring is 1. The molecule has 0 aliphatic carbocycles. The molecule has 0 unspecified atom stereocenters. The van der Waals surface area contributed by atoms with E-state index < -0.39 is 0 Å². The second-order valence-electron chi connectivity index (χ2n) is 3.36. The highest BCUT2D eigenvalue weighted by molar-refractivity contribution is 5.74. The fraction of sp³-hybridized carbons (Fsp3) is 0. The highest BCUT2D eigenvalue weighted by Crippen LogP contribution is 2.29. The molecular weight excluding hydrogens is 202 g/mol. The molecule has 3 N–H and O–H groups in total. The second-order valence-corrected chi connectivity index (χ2v) is 3.36. The van der Waals surface area contributed by atoms with Gasteiger partial charge in [0.2, 0.25) is 0 Å². The molecule has 0 atom stereocenters. The highest BCUT2D eigenvalue weighted by atomic mass is 16.3. The van der Waals surface area contributed by atoms with Crippen LogP contribution in [-0.4, -0.2) is 0 Å². The molecule has 0 radical (unpaired) electrons. The number of benzene rings is 2. The molecule has 0 heterocycles. The molecule has 0 aromatic heterocycles. The van der Waals surface area contributed by atoms with Gasteiger partial charge in [-0.05, 0) is 35.5 Å². The van der Waals surface area contributed by atoms with Gasteiger partial charge in [0, 0.05) is 11.4 Å². The van der Waals surface area contributed by atoms with Crippen molar-refractivity contribution in [2.75, 3.05) is 11.1 Å². The van der Waals surface area contributed by atoms with Crippen LogP contribution >= 0.6 is 0 Å². The Labute approximate surface area is 93.1 Å². The number of nitrogens with zero attached hydrogens (tertiary/aromatic N) is 1. The number of nitroso groups, excluding NO2 is 1. The molecule has 0 bridgehead atoms. The van der Waals surface area contributed by atoms with Crippen LogP contribution in [-0.2, 0) is 0 Å². The molecular formula is C12H11N3O. The number of hydrogen-bond donors (Lipinski definition) is 2. The normalized spacial score (nSPS) is 9.75. The summed E-state index contributed by atoms with van der Waals surface area (Å²) in [7, 11) is 0. The van der Waals surface area contributed by atoms with E-state index >= 15 is 0 Å². The van der Waals surface area contributed by atoms with Gasteiger partial charge in [-0.1, -0.05) is 18.2 Å². The van der Waals surface area contributed by atoms with E-state index in [-0.39, 0.29) is 0 Å². The van der Waals surface area contributed by atoms with E-state index in [0.29, 0.717) is 17.1 Å². The van der Waals surface area contributed by atoms with Crippen molar-refractivity contribution in [2.24, 2.45) is 5.18 Å². The number of hydrogen-bond acceptors (Lipinski definition) is 4. The van der Waals surface area contributed by atoms with Crippen molar-refractivity contribution >= 4 is 22.7 Å². The minimum atomic E-state index is 0.309. The largest absolute Gasteiger partial charge is 0.399 e. The Bertz CT molecular complexity index is 497. The van der Waals surface area contributed by atoms with E-state index in [1.54, 1.807) is 12.1 Å². The molecule has 4 nitrogen and oxygen atoms in total. The molecule has 2 rings (SSSR count). The van der Waals surface area contributed by atoms with Crippen molar-refractivity contribution in [3.05, 3.63) is 53.4 Å². The maximum Gasteiger partial charge on any atom is 0.133 e. The summed E-state index contributed by atoms with van der Waals surface area (Å²) in [6.07, 6.45) is 0. The molecule has 0 aliphatic heterocycles. The van der Waals surface area contributed by atoms with Crippen LogP contribution < -0.4 is 11.1 Å². The van der Waals surface area contributed by atoms with Crippen LogP contribution in [0.1, 0.15) is 0 Å². The predicted molar refractivity (Wildman–Crippen MR) is 66.0 cm³/mol. The SMILES string of the molecule is Nc1ccc(Nc2ccccc2)c(N=O)c1. The Morgan fingerprint density at radius 1 is 1.06 bits per heavy atom. The second kappa shape index (κ2) is 4.44. The number of para-hydroxylation sites is 1. The maximum atomic E-state index is 10.6. The van der Waals surface area contributed by atoms with E-state index in [1.807, 2.05) is 30.3 Å². The minimum Gasteiger partial charge on any atom is -0.399 e. The predicted octanol–water partition coefficient (Wildman–Crippen LogP) is 3.41. The number of nitrogens with one attached hydrogen (secondary N) is 1. The van der Waals surface area contributed by atoms with E-state index in [4.69, 9.17) is 5.73 Å².